The SMILES string of the molecule is CCc1ccc(C(c2cnc3ccccc3c2)N2CCCCC2C(=O)O)nc1. The van der Waals surface area contributed by atoms with E-state index in [4.69, 9.17) is 4.98 Å². The molecular formula is C23H25N3O2. The number of para-hydroxylation sites is 1. The third-order valence-corrected chi connectivity index (χ3v) is 5.62. The number of likely N-dealkylation sites (tertiary alicyclic amines) is 1. The van der Waals surface area contributed by atoms with E-state index in [-0.39, 0.29) is 6.04 Å². The highest BCUT2D eigenvalue weighted by atomic mass is 16.4. The Morgan fingerprint density at radius 1 is 1.18 bits per heavy atom. The van der Waals surface area contributed by atoms with Crippen molar-refractivity contribution >= 4 is 16.9 Å². The van der Waals surface area contributed by atoms with Crippen molar-refractivity contribution < 1.29 is 9.90 Å². The largest absolute Gasteiger partial charge is 0.480 e. The van der Waals surface area contributed by atoms with Crippen molar-refractivity contribution in [1.29, 1.82) is 0 Å². The Morgan fingerprint density at radius 3 is 2.79 bits per heavy atom. The Labute approximate surface area is 165 Å². The van der Waals surface area contributed by atoms with Crippen LogP contribution in [0, 0.1) is 0 Å². The topological polar surface area (TPSA) is 66.3 Å². The predicted octanol–water partition coefficient (Wildman–Crippen LogP) is 4.22. The lowest BCUT2D eigenvalue weighted by Crippen LogP contribution is -2.47. The summed E-state index contributed by atoms with van der Waals surface area (Å²) in [6, 6.07) is 13.5. The van der Waals surface area contributed by atoms with Crippen molar-refractivity contribution in [3.63, 3.8) is 0 Å². The molecule has 0 saturated carbocycles. The van der Waals surface area contributed by atoms with E-state index in [1.54, 1.807) is 0 Å². The minimum atomic E-state index is -0.761. The minimum absolute atomic E-state index is 0.218. The molecule has 0 bridgehead atoms. The molecule has 0 aliphatic carbocycles. The van der Waals surface area contributed by atoms with Crippen molar-refractivity contribution in [3.05, 3.63) is 71.7 Å². The van der Waals surface area contributed by atoms with Gasteiger partial charge in [-0.05, 0) is 55.1 Å². The van der Waals surface area contributed by atoms with Crippen LogP contribution in [0.25, 0.3) is 10.9 Å². The third kappa shape index (κ3) is 3.62. The van der Waals surface area contributed by atoms with E-state index in [1.807, 2.05) is 42.7 Å². The summed E-state index contributed by atoms with van der Waals surface area (Å²) in [4.78, 5) is 23.4. The van der Waals surface area contributed by atoms with Crippen LogP contribution in [-0.2, 0) is 11.2 Å². The van der Waals surface area contributed by atoms with Crippen molar-refractivity contribution in [2.24, 2.45) is 0 Å². The molecule has 28 heavy (non-hydrogen) atoms. The van der Waals surface area contributed by atoms with E-state index < -0.39 is 12.0 Å². The average Bonchev–Trinajstić information content (AvgIpc) is 2.74. The van der Waals surface area contributed by atoms with E-state index in [0.29, 0.717) is 6.42 Å². The average molecular weight is 375 g/mol. The van der Waals surface area contributed by atoms with Crippen molar-refractivity contribution in [2.45, 2.75) is 44.7 Å². The zero-order chi connectivity index (χ0) is 19.5. The Balaban J connectivity index is 1.82. The number of hydrogen-bond acceptors (Lipinski definition) is 4. The van der Waals surface area contributed by atoms with Gasteiger partial charge in [-0.1, -0.05) is 37.6 Å². The minimum Gasteiger partial charge on any atom is -0.480 e. The second kappa shape index (κ2) is 8.07. The van der Waals surface area contributed by atoms with Crippen molar-refractivity contribution in [3.8, 4) is 0 Å². The molecule has 0 radical (unpaired) electrons. The molecule has 1 saturated heterocycles. The molecule has 2 atom stereocenters. The summed E-state index contributed by atoms with van der Waals surface area (Å²) < 4.78 is 0. The van der Waals surface area contributed by atoms with E-state index in [9.17, 15) is 9.90 Å². The maximum absolute atomic E-state index is 12.0. The van der Waals surface area contributed by atoms with Crippen molar-refractivity contribution in [2.75, 3.05) is 6.54 Å². The van der Waals surface area contributed by atoms with Crippen LogP contribution in [0.5, 0.6) is 0 Å². The standard InChI is InChI=1S/C23H25N3O2/c1-2-16-10-11-20(24-14-16)22(26-12-6-5-9-21(26)23(27)28)18-13-17-7-3-4-8-19(17)25-15-18/h3-4,7-8,10-11,13-15,21-22H,2,5-6,9,12H2,1H3,(H,27,28). The van der Waals surface area contributed by atoms with Crippen LogP contribution < -0.4 is 0 Å². The van der Waals surface area contributed by atoms with Crippen LogP contribution in [0.4, 0.5) is 0 Å². The summed E-state index contributed by atoms with van der Waals surface area (Å²) >= 11 is 0. The van der Waals surface area contributed by atoms with Crippen LogP contribution in [0.15, 0.2) is 54.9 Å². The number of aliphatic carboxylic acids is 1. The van der Waals surface area contributed by atoms with Gasteiger partial charge in [-0.2, -0.15) is 0 Å². The van der Waals surface area contributed by atoms with Gasteiger partial charge in [0.2, 0.25) is 0 Å². The Hall–Kier alpha value is -2.79. The molecule has 3 aromatic rings. The second-order valence-corrected chi connectivity index (χ2v) is 7.40. The number of rotatable bonds is 5. The highest BCUT2D eigenvalue weighted by Gasteiger charge is 2.36. The number of carbonyl (C=O) groups is 1. The molecule has 1 fully saturated rings. The first-order valence-electron chi connectivity index (χ1n) is 9.95. The maximum atomic E-state index is 12.0. The molecule has 1 aliphatic heterocycles. The highest BCUT2D eigenvalue weighted by molar-refractivity contribution is 5.79. The summed E-state index contributed by atoms with van der Waals surface area (Å²) in [5.74, 6) is -0.761. The number of carboxylic acid groups (broad SMARTS) is 1. The molecule has 2 aromatic heterocycles. The monoisotopic (exact) mass is 375 g/mol. The van der Waals surface area contributed by atoms with Gasteiger partial charge in [-0.25, -0.2) is 0 Å². The van der Waals surface area contributed by atoms with E-state index in [1.165, 1.54) is 5.56 Å². The quantitative estimate of drug-likeness (QED) is 0.723. The number of pyridine rings is 2. The fraction of sp³-hybridized carbons (Fsp3) is 0.348. The summed E-state index contributed by atoms with van der Waals surface area (Å²) in [5.41, 5.74) is 3.98. The zero-order valence-corrected chi connectivity index (χ0v) is 16.1. The first-order valence-corrected chi connectivity index (χ1v) is 9.95. The Bertz CT molecular complexity index is 971. The van der Waals surface area contributed by atoms with Gasteiger partial charge in [0.15, 0.2) is 0 Å². The molecule has 0 spiro atoms. The number of aromatic nitrogens is 2. The fourth-order valence-electron chi connectivity index (χ4n) is 4.10. The zero-order valence-electron chi connectivity index (χ0n) is 16.1. The smallest absolute Gasteiger partial charge is 0.320 e. The molecule has 144 valence electrons. The highest BCUT2D eigenvalue weighted by Crippen LogP contribution is 2.34. The van der Waals surface area contributed by atoms with Gasteiger partial charge < -0.3 is 5.11 Å². The molecule has 5 heteroatoms. The van der Waals surface area contributed by atoms with Gasteiger partial charge in [0.1, 0.15) is 6.04 Å². The third-order valence-electron chi connectivity index (χ3n) is 5.62. The van der Waals surface area contributed by atoms with Gasteiger partial charge in [0.05, 0.1) is 17.3 Å². The maximum Gasteiger partial charge on any atom is 0.320 e. The number of aryl methyl sites for hydroxylation is 1. The number of carboxylic acids is 1. The lowest BCUT2D eigenvalue weighted by molar-refractivity contribution is -0.145. The van der Waals surface area contributed by atoms with E-state index >= 15 is 0 Å². The summed E-state index contributed by atoms with van der Waals surface area (Å²) in [6.07, 6.45) is 7.30. The van der Waals surface area contributed by atoms with E-state index in [0.717, 1.165) is 48.0 Å². The Kier molecular flexibility index (Phi) is 5.35. The normalized spacial score (nSPS) is 18.8. The molecule has 1 aromatic carbocycles. The molecule has 3 heterocycles. The number of piperidine rings is 1. The van der Waals surface area contributed by atoms with Crippen LogP contribution in [0.1, 0.15) is 49.0 Å². The van der Waals surface area contributed by atoms with Gasteiger partial charge in [0.25, 0.3) is 0 Å². The Morgan fingerprint density at radius 2 is 2.04 bits per heavy atom. The molecule has 1 aliphatic rings. The molecule has 1 N–H and O–H groups in total. The second-order valence-electron chi connectivity index (χ2n) is 7.40. The summed E-state index contributed by atoms with van der Waals surface area (Å²) in [7, 11) is 0. The first-order chi connectivity index (χ1) is 13.7. The number of hydrogen-bond donors (Lipinski definition) is 1. The van der Waals surface area contributed by atoms with Gasteiger partial charge in [0, 0.05) is 17.8 Å². The summed E-state index contributed by atoms with van der Waals surface area (Å²) in [6.45, 7) is 2.85. The number of fused-ring (bicyclic) bond motifs is 1. The molecule has 5 nitrogen and oxygen atoms in total. The lowest BCUT2D eigenvalue weighted by atomic mass is 9.94. The summed E-state index contributed by atoms with van der Waals surface area (Å²) in [5, 5.41) is 10.9. The first kappa shape index (κ1) is 18.6. The van der Waals surface area contributed by atoms with Gasteiger partial charge in [-0.15, -0.1) is 0 Å². The van der Waals surface area contributed by atoms with Crippen LogP contribution in [0.2, 0.25) is 0 Å². The fourth-order valence-corrected chi connectivity index (χ4v) is 4.10. The number of benzene rings is 1. The van der Waals surface area contributed by atoms with Gasteiger partial charge in [-0.3, -0.25) is 19.7 Å². The predicted molar refractivity (Wildman–Crippen MR) is 109 cm³/mol. The van der Waals surface area contributed by atoms with Crippen LogP contribution in [0.3, 0.4) is 0 Å². The molecular weight excluding hydrogens is 350 g/mol. The molecule has 2 unspecified atom stereocenters. The van der Waals surface area contributed by atoms with Gasteiger partial charge >= 0.3 is 5.97 Å². The number of nitrogens with zero attached hydrogens (tertiary/aromatic N) is 3. The molecule has 4 rings (SSSR count). The van der Waals surface area contributed by atoms with E-state index in [2.05, 4.69) is 28.9 Å². The molecule has 0 amide bonds. The van der Waals surface area contributed by atoms with Crippen LogP contribution in [-0.4, -0.2) is 38.5 Å². The lowest BCUT2D eigenvalue weighted by Gasteiger charge is -2.39. The van der Waals surface area contributed by atoms with Crippen LogP contribution >= 0.6 is 0 Å². The van der Waals surface area contributed by atoms with Crippen molar-refractivity contribution in [1.82, 2.24) is 14.9 Å².